The number of benzene rings is 2. The molecule has 1 heterocycles. The molecule has 1 N–H and O–H groups in total. The monoisotopic (exact) mass is 347 g/mol. The lowest BCUT2D eigenvalue weighted by atomic mass is 10.1. The number of fused-ring (bicyclic) bond motifs is 1. The van der Waals surface area contributed by atoms with Gasteiger partial charge in [0.2, 0.25) is 12.7 Å². The Hall–Kier alpha value is -2.24. The molecule has 2 aromatic carbocycles. The Labute approximate surface area is 145 Å². The van der Waals surface area contributed by atoms with E-state index in [9.17, 15) is 9.90 Å². The minimum atomic E-state index is -0.0829. The first-order valence-corrected chi connectivity index (χ1v) is 8.05. The topological polar surface area (TPSA) is 59.0 Å². The van der Waals surface area contributed by atoms with Gasteiger partial charge in [0.05, 0.1) is 13.0 Å². The number of amides is 1. The highest BCUT2D eigenvalue weighted by Crippen LogP contribution is 2.32. The molecule has 0 aliphatic carbocycles. The number of ether oxygens (including phenoxy) is 2. The van der Waals surface area contributed by atoms with E-state index in [1.165, 1.54) is 0 Å². The zero-order valence-corrected chi connectivity index (χ0v) is 13.8. The highest BCUT2D eigenvalue weighted by Gasteiger charge is 2.17. The molecule has 24 heavy (non-hydrogen) atoms. The van der Waals surface area contributed by atoms with Crippen LogP contribution in [0.4, 0.5) is 0 Å². The second-order valence-corrected chi connectivity index (χ2v) is 5.97. The van der Waals surface area contributed by atoms with Crippen molar-refractivity contribution in [1.82, 2.24) is 4.90 Å². The van der Waals surface area contributed by atoms with Gasteiger partial charge in [0.25, 0.3) is 0 Å². The normalized spacial score (nSPS) is 12.2. The van der Waals surface area contributed by atoms with Gasteiger partial charge in [-0.25, -0.2) is 0 Å². The van der Waals surface area contributed by atoms with Crippen molar-refractivity contribution in [2.24, 2.45) is 0 Å². The maximum Gasteiger partial charge on any atom is 0.231 e. The van der Waals surface area contributed by atoms with Crippen molar-refractivity contribution in [3.63, 3.8) is 0 Å². The summed E-state index contributed by atoms with van der Waals surface area (Å²) in [6.07, 6.45) is 0.240. The van der Waals surface area contributed by atoms with Gasteiger partial charge in [-0.15, -0.1) is 0 Å². The number of hydrogen-bond acceptors (Lipinski definition) is 4. The highest BCUT2D eigenvalue weighted by atomic mass is 35.5. The summed E-state index contributed by atoms with van der Waals surface area (Å²) in [6.45, 7) is 0.841. The fraction of sp³-hybridized carbons (Fsp3) is 0.278. The molecule has 0 fully saturated rings. The molecular weight excluding hydrogens is 330 g/mol. The summed E-state index contributed by atoms with van der Waals surface area (Å²) in [5.74, 6) is 1.30. The third-order valence-corrected chi connectivity index (χ3v) is 4.05. The van der Waals surface area contributed by atoms with Crippen LogP contribution in [0.5, 0.6) is 11.5 Å². The zero-order valence-electron chi connectivity index (χ0n) is 13.1. The van der Waals surface area contributed by atoms with Crippen LogP contribution < -0.4 is 9.47 Å². The van der Waals surface area contributed by atoms with Gasteiger partial charge in [-0.2, -0.15) is 0 Å². The van der Waals surface area contributed by atoms with Crippen LogP contribution >= 0.6 is 11.6 Å². The van der Waals surface area contributed by atoms with Gasteiger partial charge in [0.1, 0.15) is 0 Å². The number of nitrogens with zero attached hydrogens (tertiary/aromatic N) is 1. The van der Waals surface area contributed by atoms with E-state index in [-0.39, 0.29) is 32.3 Å². The van der Waals surface area contributed by atoms with Crippen LogP contribution in [0.3, 0.4) is 0 Å². The van der Waals surface area contributed by atoms with Crippen LogP contribution in [-0.4, -0.2) is 35.9 Å². The van der Waals surface area contributed by atoms with Gasteiger partial charge in [-0.1, -0.05) is 29.8 Å². The number of aliphatic hydroxyl groups is 1. The van der Waals surface area contributed by atoms with E-state index < -0.39 is 0 Å². The van der Waals surface area contributed by atoms with Crippen LogP contribution in [0.25, 0.3) is 0 Å². The van der Waals surface area contributed by atoms with Crippen molar-refractivity contribution in [3.05, 3.63) is 58.6 Å². The molecule has 126 valence electrons. The van der Waals surface area contributed by atoms with E-state index >= 15 is 0 Å². The third kappa shape index (κ3) is 3.99. The fourth-order valence-corrected chi connectivity index (χ4v) is 2.69. The van der Waals surface area contributed by atoms with Crippen molar-refractivity contribution >= 4 is 17.5 Å². The van der Waals surface area contributed by atoms with Crippen LogP contribution in [0, 0.1) is 0 Å². The molecule has 1 aliphatic heterocycles. The van der Waals surface area contributed by atoms with Gasteiger partial charge < -0.3 is 19.5 Å². The molecule has 0 unspecified atom stereocenters. The molecule has 0 atom stereocenters. The van der Waals surface area contributed by atoms with E-state index in [0.717, 1.165) is 11.1 Å². The van der Waals surface area contributed by atoms with Crippen molar-refractivity contribution in [2.45, 2.75) is 13.0 Å². The Morgan fingerprint density at radius 1 is 1.08 bits per heavy atom. The Morgan fingerprint density at radius 3 is 2.54 bits per heavy atom. The lowest BCUT2D eigenvalue weighted by molar-refractivity contribution is -0.131. The molecule has 1 aliphatic rings. The summed E-state index contributed by atoms with van der Waals surface area (Å²) >= 11 is 5.88. The maximum absolute atomic E-state index is 12.6. The molecule has 0 bridgehead atoms. The highest BCUT2D eigenvalue weighted by molar-refractivity contribution is 6.30. The maximum atomic E-state index is 12.6. The second kappa shape index (κ2) is 7.55. The molecule has 0 saturated carbocycles. The van der Waals surface area contributed by atoms with Crippen molar-refractivity contribution < 1.29 is 19.4 Å². The summed E-state index contributed by atoms with van der Waals surface area (Å²) in [5, 5.41) is 9.90. The quantitative estimate of drug-likeness (QED) is 0.872. The van der Waals surface area contributed by atoms with Crippen molar-refractivity contribution in [3.8, 4) is 11.5 Å². The van der Waals surface area contributed by atoms with E-state index in [1.807, 2.05) is 24.3 Å². The Balaban J connectivity index is 1.68. The number of aliphatic hydroxyl groups excluding tert-OH is 1. The van der Waals surface area contributed by atoms with Crippen LogP contribution in [0.1, 0.15) is 11.1 Å². The van der Waals surface area contributed by atoms with Crippen LogP contribution in [-0.2, 0) is 17.8 Å². The average Bonchev–Trinajstić information content (AvgIpc) is 3.04. The van der Waals surface area contributed by atoms with Crippen LogP contribution in [0.15, 0.2) is 42.5 Å². The van der Waals surface area contributed by atoms with Crippen LogP contribution in [0.2, 0.25) is 5.02 Å². The molecule has 0 spiro atoms. The Kier molecular flexibility index (Phi) is 5.23. The van der Waals surface area contributed by atoms with Gasteiger partial charge >= 0.3 is 0 Å². The first-order chi connectivity index (χ1) is 11.7. The van der Waals surface area contributed by atoms with Gasteiger partial charge in [0.15, 0.2) is 11.5 Å². The smallest absolute Gasteiger partial charge is 0.231 e. The van der Waals surface area contributed by atoms with E-state index in [4.69, 9.17) is 21.1 Å². The average molecular weight is 348 g/mol. The summed E-state index contributed by atoms with van der Waals surface area (Å²) < 4.78 is 10.6. The minimum absolute atomic E-state index is 0.0575. The predicted octanol–water partition coefficient (Wildman–Crippen LogP) is 2.63. The molecule has 3 rings (SSSR count). The Bertz CT molecular complexity index is 717. The number of carbonyl (C=O) groups is 1. The molecule has 0 saturated heterocycles. The number of halogens is 1. The zero-order chi connectivity index (χ0) is 16.9. The molecular formula is C18H18ClNO4. The summed E-state index contributed by atoms with van der Waals surface area (Å²) in [4.78, 5) is 14.2. The molecule has 2 aromatic rings. The lowest BCUT2D eigenvalue weighted by Crippen LogP contribution is -2.34. The SMILES string of the molecule is O=C(Cc1ccc2c(c1)OCO2)N(CCO)Cc1ccc(Cl)cc1. The predicted molar refractivity (Wildman–Crippen MR) is 90.2 cm³/mol. The Morgan fingerprint density at radius 2 is 1.79 bits per heavy atom. The van der Waals surface area contributed by atoms with E-state index in [1.54, 1.807) is 23.1 Å². The molecule has 0 aromatic heterocycles. The molecule has 5 nitrogen and oxygen atoms in total. The fourth-order valence-electron chi connectivity index (χ4n) is 2.56. The molecule has 0 radical (unpaired) electrons. The minimum Gasteiger partial charge on any atom is -0.454 e. The third-order valence-electron chi connectivity index (χ3n) is 3.80. The second-order valence-electron chi connectivity index (χ2n) is 5.53. The molecule has 1 amide bonds. The summed E-state index contributed by atoms with van der Waals surface area (Å²) in [6, 6.07) is 12.8. The number of hydrogen-bond donors (Lipinski definition) is 1. The first kappa shape index (κ1) is 16.6. The standard InChI is InChI=1S/C18H18ClNO4/c19-15-4-1-13(2-5-15)11-20(7-8-21)18(22)10-14-3-6-16-17(9-14)24-12-23-16/h1-6,9,21H,7-8,10-12H2. The largest absolute Gasteiger partial charge is 0.454 e. The van der Waals surface area contributed by atoms with Crippen molar-refractivity contribution in [1.29, 1.82) is 0 Å². The first-order valence-electron chi connectivity index (χ1n) is 7.67. The van der Waals surface area contributed by atoms with Gasteiger partial charge in [0, 0.05) is 18.1 Å². The van der Waals surface area contributed by atoms with Crippen molar-refractivity contribution in [2.75, 3.05) is 19.9 Å². The van der Waals surface area contributed by atoms with E-state index in [0.29, 0.717) is 23.1 Å². The number of rotatable bonds is 6. The van der Waals surface area contributed by atoms with Gasteiger partial charge in [-0.05, 0) is 35.4 Å². The van der Waals surface area contributed by atoms with Gasteiger partial charge in [-0.3, -0.25) is 4.79 Å². The molecule has 6 heteroatoms. The lowest BCUT2D eigenvalue weighted by Gasteiger charge is -2.22. The van der Waals surface area contributed by atoms with E-state index in [2.05, 4.69) is 0 Å². The summed E-state index contributed by atoms with van der Waals surface area (Å²) in [5.41, 5.74) is 1.81. The summed E-state index contributed by atoms with van der Waals surface area (Å²) in [7, 11) is 0. The number of carbonyl (C=O) groups excluding carboxylic acids is 1.